The van der Waals surface area contributed by atoms with Crippen LogP contribution in [0.25, 0.3) is 0 Å². The zero-order chi connectivity index (χ0) is 24.2. The number of carbonyl (C=O) groups excluding carboxylic acids is 2. The Labute approximate surface area is 203 Å². The molecule has 0 radical (unpaired) electrons. The maximum atomic E-state index is 13.7. The topological polar surface area (TPSA) is 49.9 Å². The second-order valence-electron chi connectivity index (χ2n) is 8.51. The van der Waals surface area contributed by atoms with Crippen molar-refractivity contribution < 1.29 is 18.7 Å². The van der Waals surface area contributed by atoms with Gasteiger partial charge in [-0.2, -0.15) is 0 Å². The van der Waals surface area contributed by atoms with Crippen LogP contribution in [-0.2, 0) is 11.2 Å². The summed E-state index contributed by atoms with van der Waals surface area (Å²) in [4.78, 5) is 31.8. The van der Waals surface area contributed by atoms with E-state index in [4.69, 9.17) is 4.74 Å². The fourth-order valence-corrected chi connectivity index (χ4v) is 5.28. The number of amides is 2. The number of hydrogen-bond donors (Lipinski definition) is 0. The summed E-state index contributed by atoms with van der Waals surface area (Å²) in [6.45, 7) is 4.50. The van der Waals surface area contributed by atoms with Crippen LogP contribution in [0.2, 0.25) is 0 Å². The van der Waals surface area contributed by atoms with E-state index in [0.717, 1.165) is 24.0 Å². The summed E-state index contributed by atoms with van der Waals surface area (Å²) in [5.74, 6) is 0.0611. The number of benzene rings is 2. The number of methoxy groups -OCH3 is 1. The Hall–Kier alpha value is -3.19. The van der Waals surface area contributed by atoms with Crippen LogP contribution in [0.15, 0.2) is 60.0 Å². The average Bonchev–Trinajstić information content (AvgIpc) is 3.35. The van der Waals surface area contributed by atoms with E-state index < -0.39 is 0 Å². The summed E-state index contributed by atoms with van der Waals surface area (Å²) < 4.78 is 18.8. The lowest BCUT2D eigenvalue weighted by Crippen LogP contribution is -2.49. The molecule has 2 atom stereocenters. The Kier molecular flexibility index (Phi) is 7.32. The third kappa shape index (κ3) is 4.85. The molecule has 7 heteroatoms. The van der Waals surface area contributed by atoms with Crippen LogP contribution in [0.1, 0.15) is 52.7 Å². The number of carbonyl (C=O) groups is 2. The zero-order valence-electron chi connectivity index (χ0n) is 19.7. The fourth-order valence-electron chi connectivity index (χ4n) is 4.37. The lowest BCUT2D eigenvalue weighted by molar-refractivity contribution is -0.134. The Balaban J connectivity index is 1.62. The molecule has 2 aromatic carbocycles. The van der Waals surface area contributed by atoms with Gasteiger partial charge in [0.15, 0.2) is 0 Å². The van der Waals surface area contributed by atoms with E-state index in [1.54, 1.807) is 59.7 Å². The average molecular weight is 481 g/mol. The Morgan fingerprint density at radius 1 is 1.15 bits per heavy atom. The summed E-state index contributed by atoms with van der Waals surface area (Å²) in [7, 11) is 1.58. The molecule has 0 spiro atoms. The van der Waals surface area contributed by atoms with Gasteiger partial charge in [-0.05, 0) is 78.7 Å². The second-order valence-corrected chi connectivity index (χ2v) is 9.51. The Morgan fingerprint density at radius 2 is 1.85 bits per heavy atom. The molecule has 0 aliphatic carbocycles. The lowest BCUT2D eigenvalue weighted by Gasteiger charge is -2.38. The molecule has 0 fully saturated rings. The molecule has 0 saturated carbocycles. The predicted molar refractivity (Wildman–Crippen MR) is 132 cm³/mol. The molecule has 2 heterocycles. The molecule has 2 amide bonds. The molecule has 0 N–H and O–H groups in total. The van der Waals surface area contributed by atoms with Gasteiger partial charge in [-0.25, -0.2) is 4.39 Å². The van der Waals surface area contributed by atoms with Crippen molar-refractivity contribution in [3.8, 4) is 5.75 Å². The smallest absolute Gasteiger partial charge is 0.254 e. The standard InChI is InChI=1S/C27H29FN2O3S/c1-4-18(2)30(27(32)20-7-11-22(33-3)12-8-20)17-25(31)29-15-13-24-23(14-16-34-24)26(29)19-5-9-21(28)10-6-19/h5-12,14,16,18,26H,4,13,15,17H2,1-3H3. The summed E-state index contributed by atoms with van der Waals surface area (Å²) in [6, 6.07) is 14.9. The first kappa shape index (κ1) is 24.0. The molecule has 34 heavy (non-hydrogen) atoms. The first-order valence-electron chi connectivity index (χ1n) is 11.5. The lowest BCUT2D eigenvalue weighted by atomic mass is 9.93. The number of fused-ring (bicyclic) bond motifs is 1. The van der Waals surface area contributed by atoms with Crippen LogP contribution < -0.4 is 4.74 Å². The van der Waals surface area contributed by atoms with Crippen molar-refractivity contribution in [2.75, 3.05) is 20.2 Å². The van der Waals surface area contributed by atoms with Gasteiger partial charge in [-0.15, -0.1) is 11.3 Å². The molecule has 0 bridgehead atoms. The van der Waals surface area contributed by atoms with E-state index in [0.29, 0.717) is 17.9 Å². The quantitative estimate of drug-likeness (QED) is 0.460. The number of halogens is 1. The van der Waals surface area contributed by atoms with Crippen LogP contribution >= 0.6 is 11.3 Å². The number of rotatable bonds is 7. The van der Waals surface area contributed by atoms with Gasteiger partial charge >= 0.3 is 0 Å². The van der Waals surface area contributed by atoms with Crippen LogP contribution in [-0.4, -0.2) is 47.9 Å². The molecule has 178 valence electrons. The van der Waals surface area contributed by atoms with Gasteiger partial charge in [-0.3, -0.25) is 9.59 Å². The predicted octanol–water partition coefficient (Wildman–Crippen LogP) is 5.31. The van der Waals surface area contributed by atoms with Crippen molar-refractivity contribution in [2.45, 2.75) is 38.8 Å². The van der Waals surface area contributed by atoms with Crippen LogP contribution in [0, 0.1) is 5.82 Å². The van der Waals surface area contributed by atoms with E-state index in [9.17, 15) is 14.0 Å². The second kappa shape index (κ2) is 10.4. The van der Waals surface area contributed by atoms with Gasteiger partial charge in [0.1, 0.15) is 18.1 Å². The van der Waals surface area contributed by atoms with E-state index >= 15 is 0 Å². The zero-order valence-corrected chi connectivity index (χ0v) is 20.5. The van der Waals surface area contributed by atoms with Gasteiger partial charge in [-0.1, -0.05) is 19.1 Å². The Morgan fingerprint density at radius 3 is 2.50 bits per heavy atom. The molecule has 5 nitrogen and oxygen atoms in total. The van der Waals surface area contributed by atoms with Gasteiger partial charge in [0, 0.05) is 23.0 Å². The van der Waals surface area contributed by atoms with Crippen molar-refractivity contribution in [1.29, 1.82) is 0 Å². The molecular formula is C27H29FN2O3S. The highest BCUT2D eigenvalue weighted by Crippen LogP contribution is 2.38. The molecule has 4 rings (SSSR count). The van der Waals surface area contributed by atoms with E-state index in [1.807, 2.05) is 30.2 Å². The summed E-state index contributed by atoms with van der Waals surface area (Å²) in [5, 5.41) is 2.04. The molecule has 2 unspecified atom stereocenters. The third-order valence-electron chi connectivity index (χ3n) is 6.50. The highest BCUT2D eigenvalue weighted by molar-refractivity contribution is 7.10. The van der Waals surface area contributed by atoms with Crippen molar-refractivity contribution in [3.63, 3.8) is 0 Å². The molecule has 3 aromatic rings. The van der Waals surface area contributed by atoms with Crippen molar-refractivity contribution in [3.05, 3.63) is 87.4 Å². The van der Waals surface area contributed by atoms with E-state index in [2.05, 4.69) is 0 Å². The number of nitrogens with zero attached hydrogens (tertiary/aromatic N) is 2. The van der Waals surface area contributed by atoms with Crippen molar-refractivity contribution in [1.82, 2.24) is 9.80 Å². The number of hydrogen-bond acceptors (Lipinski definition) is 4. The largest absolute Gasteiger partial charge is 0.497 e. The summed E-state index contributed by atoms with van der Waals surface area (Å²) in [6.07, 6.45) is 1.50. The minimum atomic E-state index is -0.309. The van der Waals surface area contributed by atoms with Crippen molar-refractivity contribution in [2.24, 2.45) is 0 Å². The summed E-state index contributed by atoms with van der Waals surface area (Å²) in [5.41, 5.74) is 2.46. The highest BCUT2D eigenvalue weighted by Gasteiger charge is 2.34. The van der Waals surface area contributed by atoms with E-state index in [-0.39, 0.29) is 36.3 Å². The number of thiophene rings is 1. The first-order chi connectivity index (χ1) is 16.4. The van der Waals surface area contributed by atoms with Crippen LogP contribution in [0.5, 0.6) is 5.75 Å². The molecule has 1 aromatic heterocycles. The molecule has 1 aliphatic rings. The SMILES string of the molecule is CCC(C)N(CC(=O)N1CCc2sccc2C1c1ccc(F)cc1)C(=O)c1ccc(OC)cc1. The monoisotopic (exact) mass is 480 g/mol. The Bertz CT molecular complexity index is 1140. The van der Waals surface area contributed by atoms with Crippen molar-refractivity contribution >= 4 is 23.2 Å². The van der Waals surface area contributed by atoms with Gasteiger partial charge < -0.3 is 14.5 Å². The third-order valence-corrected chi connectivity index (χ3v) is 7.49. The summed E-state index contributed by atoms with van der Waals surface area (Å²) >= 11 is 1.68. The molecular weight excluding hydrogens is 451 g/mol. The van der Waals surface area contributed by atoms with Gasteiger partial charge in [0.2, 0.25) is 5.91 Å². The molecule has 0 saturated heterocycles. The minimum absolute atomic E-state index is 0.0168. The van der Waals surface area contributed by atoms with E-state index in [1.165, 1.54) is 17.0 Å². The number of ether oxygens (including phenoxy) is 1. The van der Waals surface area contributed by atoms with Gasteiger partial charge in [0.25, 0.3) is 5.91 Å². The first-order valence-corrected chi connectivity index (χ1v) is 12.4. The van der Waals surface area contributed by atoms with Crippen LogP contribution in [0.3, 0.4) is 0 Å². The fraction of sp³-hybridized carbons (Fsp3) is 0.333. The van der Waals surface area contributed by atoms with Crippen LogP contribution in [0.4, 0.5) is 4.39 Å². The normalized spacial score (nSPS) is 16.0. The maximum Gasteiger partial charge on any atom is 0.254 e. The molecule has 1 aliphatic heterocycles. The van der Waals surface area contributed by atoms with Gasteiger partial charge in [0.05, 0.1) is 13.2 Å². The minimum Gasteiger partial charge on any atom is -0.497 e. The highest BCUT2D eigenvalue weighted by atomic mass is 32.1. The maximum absolute atomic E-state index is 13.7.